The molecule has 7 heteroatoms. The van der Waals surface area contributed by atoms with E-state index < -0.39 is 5.82 Å². The lowest BCUT2D eigenvalue weighted by Crippen LogP contribution is -2.36. The molecule has 2 heterocycles. The molecule has 2 N–H and O–H groups in total. The Kier molecular flexibility index (Phi) is 5.50. The highest BCUT2D eigenvalue weighted by atomic mass is 19.1. The van der Waals surface area contributed by atoms with E-state index >= 15 is 0 Å². The SMILES string of the molecule is O[C@H]1CC[C@H](Nc2ncc(F)c(-c3cccc(N4CCOCC4)c3)n2)CC1. The van der Waals surface area contributed by atoms with Crippen LogP contribution in [-0.2, 0) is 4.74 Å². The Morgan fingerprint density at radius 2 is 1.93 bits per heavy atom. The topological polar surface area (TPSA) is 70.5 Å². The summed E-state index contributed by atoms with van der Waals surface area (Å²) >= 11 is 0. The number of aliphatic hydroxyl groups is 1. The molecular weight excluding hydrogens is 347 g/mol. The second-order valence-electron chi connectivity index (χ2n) is 7.19. The molecule has 27 heavy (non-hydrogen) atoms. The number of benzene rings is 1. The van der Waals surface area contributed by atoms with Gasteiger partial charge < -0.3 is 20.1 Å². The molecule has 4 rings (SSSR count). The first kappa shape index (κ1) is 18.1. The summed E-state index contributed by atoms with van der Waals surface area (Å²) in [6, 6.07) is 8.01. The molecule has 1 saturated carbocycles. The summed E-state index contributed by atoms with van der Waals surface area (Å²) in [5.41, 5.74) is 2.09. The zero-order valence-electron chi connectivity index (χ0n) is 15.3. The number of aliphatic hydroxyl groups excluding tert-OH is 1. The molecule has 0 spiro atoms. The van der Waals surface area contributed by atoms with Gasteiger partial charge in [-0.15, -0.1) is 0 Å². The van der Waals surface area contributed by atoms with Crippen molar-refractivity contribution >= 4 is 11.6 Å². The van der Waals surface area contributed by atoms with Crippen LogP contribution in [0, 0.1) is 5.82 Å². The van der Waals surface area contributed by atoms with Crippen LogP contribution in [0.2, 0.25) is 0 Å². The summed E-state index contributed by atoms with van der Waals surface area (Å²) in [5.74, 6) is 0.00306. The Morgan fingerprint density at radius 1 is 1.15 bits per heavy atom. The molecule has 0 bridgehead atoms. The van der Waals surface area contributed by atoms with Crippen molar-refractivity contribution in [3.8, 4) is 11.3 Å². The number of ether oxygens (including phenoxy) is 1. The molecule has 6 nitrogen and oxygen atoms in total. The van der Waals surface area contributed by atoms with Gasteiger partial charge in [-0.1, -0.05) is 12.1 Å². The lowest BCUT2D eigenvalue weighted by atomic mass is 9.93. The van der Waals surface area contributed by atoms with Crippen LogP contribution >= 0.6 is 0 Å². The molecule has 1 aromatic heterocycles. The van der Waals surface area contributed by atoms with Crippen LogP contribution in [0.5, 0.6) is 0 Å². The van der Waals surface area contributed by atoms with Gasteiger partial charge in [0, 0.05) is 30.4 Å². The summed E-state index contributed by atoms with van der Waals surface area (Å²) in [6.07, 6.45) is 4.29. The highest BCUT2D eigenvalue weighted by molar-refractivity contribution is 5.67. The van der Waals surface area contributed by atoms with Gasteiger partial charge in [0.2, 0.25) is 5.95 Å². The molecule has 144 valence electrons. The van der Waals surface area contributed by atoms with E-state index in [0.717, 1.165) is 50.0 Å². The van der Waals surface area contributed by atoms with Crippen molar-refractivity contribution in [2.45, 2.75) is 37.8 Å². The summed E-state index contributed by atoms with van der Waals surface area (Å²) < 4.78 is 19.8. The molecule has 2 aromatic rings. The Hall–Kier alpha value is -2.25. The minimum Gasteiger partial charge on any atom is -0.393 e. The van der Waals surface area contributed by atoms with Crippen LogP contribution in [0.25, 0.3) is 11.3 Å². The Balaban J connectivity index is 1.54. The summed E-state index contributed by atoms with van der Waals surface area (Å²) in [6.45, 7) is 3.07. The second kappa shape index (κ2) is 8.19. The van der Waals surface area contributed by atoms with Gasteiger partial charge >= 0.3 is 0 Å². The quantitative estimate of drug-likeness (QED) is 0.860. The van der Waals surface area contributed by atoms with E-state index in [-0.39, 0.29) is 12.1 Å². The number of halogens is 1. The van der Waals surface area contributed by atoms with Crippen molar-refractivity contribution < 1.29 is 14.2 Å². The second-order valence-corrected chi connectivity index (χ2v) is 7.19. The number of morpholine rings is 1. The summed E-state index contributed by atoms with van der Waals surface area (Å²) in [4.78, 5) is 10.8. The number of hydrogen-bond donors (Lipinski definition) is 2. The van der Waals surface area contributed by atoms with Gasteiger partial charge in [0.05, 0.1) is 25.5 Å². The molecule has 0 unspecified atom stereocenters. The summed E-state index contributed by atoms with van der Waals surface area (Å²) in [5, 5.41) is 12.9. The fourth-order valence-electron chi connectivity index (χ4n) is 3.71. The summed E-state index contributed by atoms with van der Waals surface area (Å²) in [7, 11) is 0. The molecule has 1 aliphatic heterocycles. The predicted octanol–water partition coefficient (Wildman–Crippen LogP) is 2.83. The van der Waals surface area contributed by atoms with Crippen molar-refractivity contribution in [2.24, 2.45) is 0 Å². The average molecular weight is 372 g/mol. The van der Waals surface area contributed by atoms with Crippen molar-refractivity contribution in [3.05, 3.63) is 36.3 Å². The first-order chi connectivity index (χ1) is 13.2. The van der Waals surface area contributed by atoms with E-state index in [9.17, 15) is 9.50 Å². The monoisotopic (exact) mass is 372 g/mol. The smallest absolute Gasteiger partial charge is 0.223 e. The number of anilines is 2. The maximum Gasteiger partial charge on any atom is 0.223 e. The van der Waals surface area contributed by atoms with E-state index in [1.54, 1.807) is 0 Å². The van der Waals surface area contributed by atoms with Gasteiger partial charge in [0.1, 0.15) is 5.69 Å². The normalized spacial score (nSPS) is 23.3. The van der Waals surface area contributed by atoms with Crippen molar-refractivity contribution in [1.82, 2.24) is 9.97 Å². The van der Waals surface area contributed by atoms with Crippen LogP contribution in [0.3, 0.4) is 0 Å². The van der Waals surface area contributed by atoms with Gasteiger partial charge in [-0.2, -0.15) is 0 Å². The van der Waals surface area contributed by atoms with Gasteiger partial charge in [-0.05, 0) is 37.8 Å². The number of nitrogens with zero attached hydrogens (tertiary/aromatic N) is 3. The third kappa shape index (κ3) is 4.36. The molecule has 1 aliphatic carbocycles. The van der Waals surface area contributed by atoms with Crippen LogP contribution in [-0.4, -0.2) is 53.5 Å². The molecule has 0 amide bonds. The van der Waals surface area contributed by atoms with Crippen LogP contribution in [0.4, 0.5) is 16.0 Å². The minimum absolute atomic E-state index is 0.212. The lowest BCUT2D eigenvalue weighted by molar-refractivity contribution is 0.122. The first-order valence-electron chi connectivity index (χ1n) is 9.59. The van der Waals surface area contributed by atoms with Crippen LogP contribution in [0.15, 0.2) is 30.5 Å². The Labute approximate surface area is 158 Å². The van der Waals surface area contributed by atoms with E-state index in [1.165, 1.54) is 6.20 Å². The van der Waals surface area contributed by atoms with E-state index in [0.29, 0.717) is 24.9 Å². The van der Waals surface area contributed by atoms with Gasteiger partial charge in [0.25, 0.3) is 0 Å². The largest absolute Gasteiger partial charge is 0.393 e. The number of hydrogen-bond acceptors (Lipinski definition) is 6. The standard InChI is InChI=1S/C20H25FN4O2/c21-18-13-22-20(23-15-4-6-17(26)7-5-15)24-19(18)14-2-1-3-16(12-14)25-8-10-27-11-9-25/h1-3,12-13,15,17,26H,4-11H2,(H,22,23,24)/t15-,17-. The van der Waals surface area contributed by atoms with Crippen molar-refractivity contribution in [1.29, 1.82) is 0 Å². The lowest BCUT2D eigenvalue weighted by Gasteiger charge is -2.29. The van der Waals surface area contributed by atoms with Crippen molar-refractivity contribution in [3.63, 3.8) is 0 Å². The zero-order chi connectivity index (χ0) is 18.6. The van der Waals surface area contributed by atoms with E-state index in [2.05, 4.69) is 20.2 Å². The zero-order valence-corrected chi connectivity index (χ0v) is 15.3. The third-order valence-electron chi connectivity index (χ3n) is 5.27. The van der Waals surface area contributed by atoms with E-state index in [1.807, 2.05) is 24.3 Å². The van der Waals surface area contributed by atoms with Crippen LogP contribution in [0.1, 0.15) is 25.7 Å². The van der Waals surface area contributed by atoms with Gasteiger partial charge in [-0.25, -0.2) is 14.4 Å². The molecule has 2 aliphatic rings. The maximum atomic E-state index is 14.4. The van der Waals surface area contributed by atoms with E-state index in [4.69, 9.17) is 4.74 Å². The number of rotatable bonds is 4. The van der Waals surface area contributed by atoms with Crippen LogP contribution < -0.4 is 10.2 Å². The number of nitrogens with one attached hydrogen (secondary N) is 1. The molecule has 0 radical (unpaired) electrons. The predicted molar refractivity (Wildman–Crippen MR) is 102 cm³/mol. The molecule has 1 saturated heterocycles. The maximum absolute atomic E-state index is 14.4. The number of aromatic nitrogens is 2. The molecule has 1 aromatic carbocycles. The third-order valence-corrected chi connectivity index (χ3v) is 5.27. The Bertz CT molecular complexity index is 774. The van der Waals surface area contributed by atoms with Gasteiger partial charge in [-0.3, -0.25) is 0 Å². The fraction of sp³-hybridized carbons (Fsp3) is 0.500. The minimum atomic E-state index is -0.432. The average Bonchev–Trinajstić information content (AvgIpc) is 2.72. The molecule has 2 fully saturated rings. The van der Waals surface area contributed by atoms with Gasteiger partial charge in [0.15, 0.2) is 5.82 Å². The Morgan fingerprint density at radius 3 is 2.70 bits per heavy atom. The molecule has 0 atom stereocenters. The van der Waals surface area contributed by atoms with Crippen molar-refractivity contribution in [2.75, 3.05) is 36.5 Å². The fourth-order valence-corrected chi connectivity index (χ4v) is 3.71. The molecular formula is C20H25FN4O2. The first-order valence-corrected chi connectivity index (χ1v) is 9.59. The highest BCUT2D eigenvalue weighted by Crippen LogP contribution is 2.27. The highest BCUT2D eigenvalue weighted by Gasteiger charge is 2.21.